The van der Waals surface area contributed by atoms with Gasteiger partial charge in [-0.3, -0.25) is 9.78 Å². The van der Waals surface area contributed by atoms with Crippen LogP contribution < -0.4 is 5.32 Å². The topological polar surface area (TPSA) is 45.2 Å². The molecule has 100 valence electrons. The minimum atomic E-state index is 0.182. The van der Waals surface area contributed by atoms with Gasteiger partial charge in [0.15, 0.2) is 0 Å². The molecule has 19 heavy (non-hydrogen) atoms. The van der Waals surface area contributed by atoms with Crippen LogP contribution in [0.25, 0.3) is 0 Å². The normalized spacial score (nSPS) is 14.4. The largest absolute Gasteiger partial charge is 0.337 e. The molecule has 0 atom stereocenters. The van der Waals surface area contributed by atoms with Gasteiger partial charge in [-0.15, -0.1) is 22.7 Å². The van der Waals surface area contributed by atoms with E-state index in [1.807, 2.05) is 16.6 Å². The van der Waals surface area contributed by atoms with E-state index in [9.17, 15) is 4.79 Å². The molecule has 0 radical (unpaired) electrons. The average Bonchev–Trinajstić information content (AvgIpc) is 3.08. The first-order chi connectivity index (χ1) is 9.33. The maximum absolute atomic E-state index is 12.1. The van der Waals surface area contributed by atoms with Crippen LogP contribution in [-0.4, -0.2) is 28.9 Å². The van der Waals surface area contributed by atoms with Crippen LogP contribution in [-0.2, 0) is 24.3 Å². The molecule has 1 N–H and O–H groups in total. The minimum absolute atomic E-state index is 0.182. The first kappa shape index (κ1) is 12.8. The minimum Gasteiger partial charge on any atom is -0.337 e. The fraction of sp³-hybridized carbons (Fsp3) is 0.385. The quantitative estimate of drug-likeness (QED) is 0.936. The number of aromatic nitrogens is 1. The summed E-state index contributed by atoms with van der Waals surface area (Å²) >= 11 is 3.40. The van der Waals surface area contributed by atoms with E-state index in [4.69, 9.17) is 0 Å². The van der Waals surface area contributed by atoms with Gasteiger partial charge in [0.25, 0.3) is 0 Å². The Morgan fingerprint density at radius 1 is 1.47 bits per heavy atom. The fourth-order valence-electron chi connectivity index (χ4n) is 2.20. The molecule has 2 aromatic heterocycles. The van der Waals surface area contributed by atoms with Gasteiger partial charge in [0.05, 0.1) is 12.1 Å². The summed E-state index contributed by atoms with van der Waals surface area (Å²) in [7, 11) is 0. The molecule has 0 aromatic carbocycles. The second kappa shape index (κ2) is 5.81. The van der Waals surface area contributed by atoms with Crippen molar-refractivity contribution in [1.29, 1.82) is 0 Å². The Bertz CT molecular complexity index is 550. The fourth-order valence-corrected chi connectivity index (χ4v) is 3.65. The molecule has 2 aromatic rings. The Morgan fingerprint density at radius 3 is 3.26 bits per heavy atom. The first-order valence-electron chi connectivity index (χ1n) is 6.24. The van der Waals surface area contributed by atoms with Crippen LogP contribution in [0.1, 0.15) is 15.3 Å². The zero-order valence-electron chi connectivity index (χ0n) is 10.5. The molecule has 6 heteroatoms. The summed E-state index contributed by atoms with van der Waals surface area (Å²) in [5.41, 5.74) is 3.12. The van der Waals surface area contributed by atoms with Crippen molar-refractivity contribution in [2.24, 2.45) is 0 Å². The summed E-state index contributed by atoms with van der Waals surface area (Å²) in [6.07, 6.45) is 2.83. The van der Waals surface area contributed by atoms with Crippen LogP contribution in [0.3, 0.4) is 0 Å². The highest BCUT2D eigenvalue weighted by Gasteiger charge is 2.20. The molecule has 0 fully saturated rings. The summed E-state index contributed by atoms with van der Waals surface area (Å²) in [6, 6.07) is 2.13. The Balaban J connectivity index is 1.49. The number of carbonyl (C=O) groups is 1. The van der Waals surface area contributed by atoms with Gasteiger partial charge in [-0.2, -0.15) is 0 Å². The highest BCUT2D eigenvalue weighted by Crippen LogP contribution is 2.23. The third kappa shape index (κ3) is 3.02. The summed E-state index contributed by atoms with van der Waals surface area (Å²) in [6.45, 7) is 2.72. The molecule has 0 bridgehead atoms. The van der Waals surface area contributed by atoms with E-state index in [2.05, 4.69) is 21.7 Å². The number of carbonyl (C=O) groups excluding carboxylic acids is 1. The SMILES string of the molecule is O=C(CNCc1cncs1)N1CCc2sccc2C1. The number of nitrogens with zero attached hydrogens (tertiary/aromatic N) is 2. The smallest absolute Gasteiger partial charge is 0.236 e. The van der Waals surface area contributed by atoms with E-state index >= 15 is 0 Å². The predicted octanol–water partition coefficient (Wildman–Crippen LogP) is 1.88. The third-order valence-electron chi connectivity index (χ3n) is 3.22. The molecule has 0 unspecified atom stereocenters. The number of rotatable bonds is 4. The number of nitrogens with one attached hydrogen (secondary N) is 1. The molecule has 0 saturated carbocycles. The maximum Gasteiger partial charge on any atom is 0.236 e. The van der Waals surface area contributed by atoms with E-state index < -0.39 is 0 Å². The monoisotopic (exact) mass is 293 g/mol. The van der Waals surface area contributed by atoms with Crippen molar-refractivity contribution in [1.82, 2.24) is 15.2 Å². The van der Waals surface area contributed by atoms with Crippen LogP contribution in [0, 0.1) is 0 Å². The molecule has 3 heterocycles. The predicted molar refractivity (Wildman–Crippen MR) is 77.3 cm³/mol. The molecule has 1 aliphatic heterocycles. The van der Waals surface area contributed by atoms with Gasteiger partial charge in [0, 0.05) is 35.6 Å². The van der Waals surface area contributed by atoms with Crippen molar-refractivity contribution in [2.45, 2.75) is 19.5 Å². The number of hydrogen-bond donors (Lipinski definition) is 1. The lowest BCUT2D eigenvalue weighted by Gasteiger charge is -2.27. The van der Waals surface area contributed by atoms with Crippen molar-refractivity contribution < 1.29 is 4.79 Å². The van der Waals surface area contributed by atoms with Gasteiger partial charge >= 0.3 is 0 Å². The first-order valence-corrected chi connectivity index (χ1v) is 8.00. The van der Waals surface area contributed by atoms with Gasteiger partial charge in [-0.05, 0) is 23.4 Å². The zero-order chi connectivity index (χ0) is 13.1. The van der Waals surface area contributed by atoms with Gasteiger partial charge in [0.1, 0.15) is 0 Å². The molecule has 1 aliphatic rings. The Morgan fingerprint density at radius 2 is 2.42 bits per heavy atom. The van der Waals surface area contributed by atoms with Crippen molar-refractivity contribution >= 4 is 28.6 Å². The van der Waals surface area contributed by atoms with E-state index in [0.29, 0.717) is 13.1 Å². The Labute approximate surface area is 120 Å². The molecular formula is C13H15N3OS2. The molecular weight excluding hydrogens is 278 g/mol. The van der Waals surface area contributed by atoms with Crippen molar-refractivity contribution in [2.75, 3.05) is 13.1 Å². The number of hydrogen-bond acceptors (Lipinski definition) is 5. The summed E-state index contributed by atoms with van der Waals surface area (Å²) < 4.78 is 0. The van der Waals surface area contributed by atoms with Crippen molar-refractivity contribution in [3.63, 3.8) is 0 Å². The number of fused-ring (bicyclic) bond motifs is 1. The van der Waals surface area contributed by atoms with Crippen LogP contribution in [0.15, 0.2) is 23.2 Å². The van der Waals surface area contributed by atoms with Crippen molar-refractivity contribution in [3.05, 3.63) is 38.5 Å². The zero-order valence-corrected chi connectivity index (χ0v) is 12.1. The molecule has 1 amide bonds. The number of amides is 1. The Kier molecular flexibility index (Phi) is 3.91. The summed E-state index contributed by atoms with van der Waals surface area (Å²) in [5, 5.41) is 5.30. The summed E-state index contributed by atoms with van der Waals surface area (Å²) in [5.74, 6) is 0.182. The van der Waals surface area contributed by atoms with E-state index in [0.717, 1.165) is 24.4 Å². The van der Waals surface area contributed by atoms with Gasteiger partial charge in [-0.25, -0.2) is 0 Å². The second-order valence-corrected chi connectivity index (χ2v) is 6.48. The number of thiophene rings is 1. The van der Waals surface area contributed by atoms with Gasteiger partial charge in [-0.1, -0.05) is 0 Å². The molecule has 4 nitrogen and oxygen atoms in total. The lowest BCUT2D eigenvalue weighted by molar-refractivity contribution is -0.131. The maximum atomic E-state index is 12.1. The second-order valence-electron chi connectivity index (χ2n) is 4.51. The van der Waals surface area contributed by atoms with Crippen molar-refractivity contribution in [3.8, 4) is 0 Å². The van der Waals surface area contributed by atoms with Crippen LogP contribution in [0.5, 0.6) is 0 Å². The van der Waals surface area contributed by atoms with E-state index in [1.165, 1.54) is 10.4 Å². The van der Waals surface area contributed by atoms with Gasteiger partial charge < -0.3 is 10.2 Å². The highest BCUT2D eigenvalue weighted by atomic mass is 32.1. The Hall–Kier alpha value is -1.24. The van der Waals surface area contributed by atoms with E-state index in [1.54, 1.807) is 22.7 Å². The lowest BCUT2D eigenvalue weighted by Crippen LogP contribution is -2.40. The van der Waals surface area contributed by atoms with Crippen LogP contribution >= 0.6 is 22.7 Å². The molecule has 3 rings (SSSR count). The highest BCUT2D eigenvalue weighted by molar-refractivity contribution is 7.10. The van der Waals surface area contributed by atoms with E-state index in [-0.39, 0.29) is 5.91 Å². The summed E-state index contributed by atoms with van der Waals surface area (Å²) in [4.78, 5) is 20.7. The standard InChI is InChI=1S/C13H15N3OS2/c17-13(7-14-5-11-6-15-9-19-11)16-3-1-12-10(8-16)2-4-18-12/h2,4,6,9,14H,1,3,5,7-8H2. The van der Waals surface area contributed by atoms with Gasteiger partial charge in [0.2, 0.25) is 5.91 Å². The third-order valence-corrected chi connectivity index (χ3v) is 5.02. The number of thiazole rings is 1. The van der Waals surface area contributed by atoms with Crippen LogP contribution in [0.2, 0.25) is 0 Å². The average molecular weight is 293 g/mol. The molecule has 0 aliphatic carbocycles. The lowest BCUT2D eigenvalue weighted by atomic mass is 10.1. The van der Waals surface area contributed by atoms with Crippen LogP contribution in [0.4, 0.5) is 0 Å². The molecule has 0 saturated heterocycles. The molecule has 0 spiro atoms.